The molecule has 0 bridgehead atoms. The number of nitrogens with zero attached hydrogens (tertiary/aromatic N) is 3. The van der Waals surface area contributed by atoms with E-state index in [9.17, 15) is 9.59 Å². The van der Waals surface area contributed by atoms with E-state index in [1.165, 1.54) is 0 Å². The Labute approximate surface area is 152 Å². The van der Waals surface area contributed by atoms with Crippen molar-refractivity contribution in [3.63, 3.8) is 0 Å². The number of anilines is 1. The summed E-state index contributed by atoms with van der Waals surface area (Å²) in [6.45, 7) is 2.89. The number of amides is 3. The Hall–Kier alpha value is -1.95. The van der Waals surface area contributed by atoms with Crippen LogP contribution in [0.4, 0.5) is 10.5 Å². The number of fused-ring (bicyclic) bond motifs is 1. The number of rotatable bonds is 2. The SMILES string of the molecule is CN1C(=O)N[C@@H]2CN(C(=O)C3CCN(c4ccccc4Cl)C3)CC[C@@H]21. The average molecular weight is 363 g/mol. The third-order valence-electron chi connectivity index (χ3n) is 5.75. The van der Waals surface area contributed by atoms with Crippen molar-refractivity contribution < 1.29 is 9.59 Å². The fourth-order valence-corrected chi connectivity index (χ4v) is 4.56. The first kappa shape index (κ1) is 16.5. The molecule has 7 heteroatoms. The van der Waals surface area contributed by atoms with Gasteiger partial charge in [0, 0.05) is 33.2 Å². The van der Waals surface area contributed by atoms with E-state index in [1.807, 2.05) is 36.2 Å². The highest BCUT2D eigenvalue weighted by Crippen LogP contribution is 2.31. The van der Waals surface area contributed by atoms with E-state index < -0.39 is 0 Å². The molecule has 3 heterocycles. The molecule has 25 heavy (non-hydrogen) atoms. The van der Waals surface area contributed by atoms with Crippen molar-refractivity contribution in [1.29, 1.82) is 0 Å². The highest BCUT2D eigenvalue weighted by Gasteiger charge is 2.43. The van der Waals surface area contributed by atoms with Gasteiger partial charge in [-0.3, -0.25) is 4.79 Å². The maximum Gasteiger partial charge on any atom is 0.317 e. The van der Waals surface area contributed by atoms with Crippen LogP contribution in [0.3, 0.4) is 0 Å². The molecule has 0 spiro atoms. The normalized spacial score (nSPS) is 29.0. The highest BCUT2D eigenvalue weighted by molar-refractivity contribution is 6.33. The Morgan fingerprint density at radius 3 is 2.80 bits per heavy atom. The van der Waals surface area contributed by atoms with E-state index in [4.69, 9.17) is 11.6 Å². The van der Waals surface area contributed by atoms with Crippen molar-refractivity contribution in [2.75, 3.05) is 38.1 Å². The van der Waals surface area contributed by atoms with Gasteiger partial charge in [0.2, 0.25) is 5.91 Å². The number of benzene rings is 1. The molecule has 3 atom stereocenters. The Balaban J connectivity index is 1.39. The van der Waals surface area contributed by atoms with Crippen LogP contribution in [-0.2, 0) is 4.79 Å². The summed E-state index contributed by atoms with van der Waals surface area (Å²) < 4.78 is 0. The molecule has 3 aliphatic heterocycles. The average Bonchev–Trinajstić information content (AvgIpc) is 3.20. The molecule has 1 aromatic carbocycles. The topological polar surface area (TPSA) is 55.9 Å². The van der Waals surface area contributed by atoms with Gasteiger partial charge in [0.1, 0.15) is 0 Å². The first-order chi connectivity index (χ1) is 12.0. The molecule has 3 saturated heterocycles. The van der Waals surface area contributed by atoms with Crippen LogP contribution in [0.15, 0.2) is 24.3 Å². The number of nitrogens with one attached hydrogen (secondary N) is 1. The van der Waals surface area contributed by atoms with Crippen molar-refractivity contribution >= 4 is 29.2 Å². The van der Waals surface area contributed by atoms with E-state index in [-0.39, 0.29) is 29.9 Å². The molecule has 3 fully saturated rings. The number of halogens is 1. The minimum absolute atomic E-state index is 0.00246. The first-order valence-corrected chi connectivity index (χ1v) is 9.24. The molecule has 1 N–H and O–H groups in total. The van der Waals surface area contributed by atoms with Gasteiger partial charge in [-0.25, -0.2) is 4.79 Å². The summed E-state index contributed by atoms with van der Waals surface area (Å²) in [5.74, 6) is 0.208. The zero-order chi connectivity index (χ0) is 17.6. The lowest BCUT2D eigenvalue weighted by Crippen LogP contribution is -2.53. The van der Waals surface area contributed by atoms with Crippen molar-refractivity contribution in [2.45, 2.75) is 24.9 Å². The molecule has 0 saturated carbocycles. The number of likely N-dealkylation sites (tertiary alicyclic amines) is 1. The van der Waals surface area contributed by atoms with Crippen molar-refractivity contribution in [1.82, 2.24) is 15.1 Å². The molecule has 3 amide bonds. The minimum atomic E-state index is -0.0324. The van der Waals surface area contributed by atoms with Crippen LogP contribution in [0.2, 0.25) is 5.02 Å². The van der Waals surface area contributed by atoms with Crippen LogP contribution in [0.1, 0.15) is 12.8 Å². The lowest BCUT2D eigenvalue weighted by Gasteiger charge is -2.37. The minimum Gasteiger partial charge on any atom is -0.370 e. The van der Waals surface area contributed by atoms with Gasteiger partial charge < -0.3 is 20.0 Å². The fraction of sp³-hybridized carbons (Fsp3) is 0.556. The molecule has 0 radical (unpaired) electrons. The second-order valence-corrected chi connectivity index (χ2v) is 7.60. The predicted molar refractivity (Wildman–Crippen MR) is 96.8 cm³/mol. The van der Waals surface area contributed by atoms with Gasteiger partial charge in [-0.1, -0.05) is 23.7 Å². The predicted octanol–water partition coefficient (Wildman–Crippen LogP) is 1.79. The highest BCUT2D eigenvalue weighted by atomic mass is 35.5. The summed E-state index contributed by atoms with van der Waals surface area (Å²) in [4.78, 5) is 30.6. The lowest BCUT2D eigenvalue weighted by atomic mass is 9.98. The number of urea groups is 1. The second kappa shape index (κ2) is 6.41. The van der Waals surface area contributed by atoms with Crippen LogP contribution < -0.4 is 10.2 Å². The molecule has 0 aliphatic carbocycles. The number of carbonyl (C=O) groups excluding carboxylic acids is 2. The van der Waals surface area contributed by atoms with E-state index >= 15 is 0 Å². The molecule has 1 aromatic rings. The number of para-hydroxylation sites is 1. The van der Waals surface area contributed by atoms with E-state index in [2.05, 4.69) is 10.2 Å². The standard InChI is InChI=1S/C18H23ClN4O2/c1-21-16-7-9-23(11-14(16)20-18(21)25)17(24)12-6-8-22(10-12)15-5-3-2-4-13(15)19/h2-5,12,14,16H,6-11H2,1H3,(H,20,25)/t12?,14-,16+/m1/s1. The summed E-state index contributed by atoms with van der Waals surface area (Å²) in [7, 11) is 1.83. The van der Waals surface area contributed by atoms with Crippen LogP contribution in [-0.4, -0.2) is 67.0 Å². The van der Waals surface area contributed by atoms with Crippen molar-refractivity contribution in [3.8, 4) is 0 Å². The summed E-state index contributed by atoms with van der Waals surface area (Å²) in [6, 6.07) is 8.01. The summed E-state index contributed by atoms with van der Waals surface area (Å²) >= 11 is 6.29. The van der Waals surface area contributed by atoms with Gasteiger partial charge in [0.25, 0.3) is 0 Å². The van der Waals surface area contributed by atoms with Gasteiger partial charge in [0.05, 0.1) is 28.7 Å². The third kappa shape index (κ3) is 2.92. The monoisotopic (exact) mass is 362 g/mol. The summed E-state index contributed by atoms with van der Waals surface area (Å²) in [6.07, 6.45) is 1.69. The fourth-order valence-electron chi connectivity index (χ4n) is 4.30. The van der Waals surface area contributed by atoms with Crippen LogP contribution in [0.5, 0.6) is 0 Å². The molecule has 3 aliphatic rings. The summed E-state index contributed by atoms with van der Waals surface area (Å²) in [5, 5.41) is 3.72. The lowest BCUT2D eigenvalue weighted by molar-refractivity contribution is -0.136. The number of hydrogen-bond donors (Lipinski definition) is 1. The third-order valence-corrected chi connectivity index (χ3v) is 6.06. The van der Waals surface area contributed by atoms with Crippen molar-refractivity contribution in [2.24, 2.45) is 5.92 Å². The van der Waals surface area contributed by atoms with Gasteiger partial charge in [-0.05, 0) is 25.0 Å². The Morgan fingerprint density at radius 2 is 2.00 bits per heavy atom. The number of carbonyl (C=O) groups is 2. The van der Waals surface area contributed by atoms with Gasteiger partial charge in [-0.2, -0.15) is 0 Å². The Morgan fingerprint density at radius 1 is 1.20 bits per heavy atom. The maximum absolute atomic E-state index is 13.0. The number of hydrogen-bond acceptors (Lipinski definition) is 3. The molecular weight excluding hydrogens is 340 g/mol. The van der Waals surface area contributed by atoms with Crippen LogP contribution >= 0.6 is 11.6 Å². The molecule has 1 unspecified atom stereocenters. The molecule has 134 valence electrons. The van der Waals surface area contributed by atoms with E-state index in [0.29, 0.717) is 13.1 Å². The molecule has 0 aromatic heterocycles. The molecular formula is C18H23ClN4O2. The molecule has 6 nitrogen and oxygen atoms in total. The molecule has 4 rings (SSSR count). The zero-order valence-electron chi connectivity index (χ0n) is 14.3. The zero-order valence-corrected chi connectivity index (χ0v) is 15.1. The Bertz CT molecular complexity index is 697. The van der Waals surface area contributed by atoms with Gasteiger partial charge in [-0.15, -0.1) is 0 Å². The maximum atomic E-state index is 13.0. The van der Waals surface area contributed by atoms with Gasteiger partial charge in [0.15, 0.2) is 0 Å². The second-order valence-electron chi connectivity index (χ2n) is 7.19. The van der Waals surface area contributed by atoms with Crippen molar-refractivity contribution in [3.05, 3.63) is 29.3 Å². The van der Waals surface area contributed by atoms with Crippen LogP contribution in [0, 0.1) is 5.92 Å². The quantitative estimate of drug-likeness (QED) is 0.872. The van der Waals surface area contributed by atoms with E-state index in [1.54, 1.807) is 4.90 Å². The first-order valence-electron chi connectivity index (χ1n) is 8.86. The summed E-state index contributed by atoms with van der Waals surface area (Å²) in [5.41, 5.74) is 1.00. The van der Waals surface area contributed by atoms with Gasteiger partial charge >= 0.3 is 6.03 Å². The van der Waals surface area contributed by atoms with E-state index in [0.717, 1.165) is 36.6 Å². The number of piperidine rings is 1. The van der Waals surface area contributed by atoms with Crippen LogP contribution in [0.25, 0.3) is 0 Å². The largest absolute Gasteiger partial charge is 0.370 e. The smallest absolute Gasteiger partial charge is 0.317 e. The Kier molecular flexibility index (Phi) is 4.23. The number of likely N-dealkylation sites (N-methyl/N-ethyl adjacent to an activating group) is 1.